The normalized spacial score (nSPS) is 14.3. The molecular formula is C16H17BrN2O2. The number of carbonyl (C=O) groups is 2. The summed E-state index contributed by atoms with van der Waals surface area (Å²) >= 11 is 3.31. The second-order valence-corrected chi connectivity index (χ2v) is 6.82. The lowest BCUT2D eigenvalue weighted by molar-refractivity contribution is -0.114. The fraction of sp³-hybridized carbons (Fsp3) is 0.438. The van der Waals surface area contributed by atoms with E-state index in [0.717, 1.165) is 23.7 Å². The van der Waals surface area contributed by atoms with Gasteiger partial charge in [0.15, 0.2) is 0 Å². The zero-order valence-corrected chi connectivity index (χ0v) is 13.7. The van der Waals surface area contributed by atoms with Gasteiger partial charge in [-0.1, -0.05) is 22.4 Å². The molecule has 2 rings (SSSR count). The Morgan fingerprint density at radius 3 is 2.67 bits per heavy atom. The fourth-order valence-electron chi connectivity index (χ4n) is 2.39. The van der Waals surface area contributed by atoms with Crippen LogP contribution in [0.1, 0.15) is 43.5 Å². The minimum absolute atomic E-state index is 0.340. The summed E-state index contributed by atoms with van der Waals surface area (Å²) in [5.74, 6) is -0.897. The second kappa shape index (κ2) is 5.98. The van der Waals surface area contributed by atoms with Crippen LogP contribution >= 0.6 is 15.9 Å². The molecule has 0 bridgehead atoms. The van der Waals surface area contributed by atoms with Gasteiger partial charge in [0.05, 0.1) is 22.7 Å². The Kier molecular flexibility index (Phi) is 4.48. The molecule has 1 amide bonds. The summed E-state index contributed by atoms with van der Waals surface area (Å²) in [6.07, 6.45) is 2.41. The molecule has 1 aromatic rings. The number of carbonyl (C=O) groups excluding carboxylic acids is 2. The summed E-state index contributed by atoms with van der Waals surface area (Å²) in [6.45, 7) is 4.33. The SMILES string of the molecule is CC(C)(C#N)CCCCN1C(=O)C(=O)c2cc(Br)ccc21. The lowest BCUT2D eigenvalue weighted by Crippen LogP contribution is -2.30. The summed E-state index contributed by atoms with van der Waals surface area (Å²) in [7, 11) is 0. The Balaban J connectivity index is 2.01. The number of hydrogen-bond donors (Lipinski definition) is 0. The van der Waals surface area contributed by atoms with Crippen molar-refractivity contribution in [2.24, 2.45) is 5.41 Å². The van der Waals surface area contributed by atoms with Gasteiger partial charge in [0, 0.05) is 11.0 Å². The predicted octanol–water partition coefficient (Wildman–Crippen LogP) is 3.70. The molecule has 0 aliphatic carbocycles. The van der Waals surface area contributed by atoms with Gasteiger partial charge in [-0.25, -0.2) is 0 Å². The van der Waals surface area contributed by atoms with Gasteiger partial charge in [0.2, 0.25) is 0 Å². The zero-order valence-electron chi connectivity index (χ0n) is 12.1. The van der Waals surface area contributed by atoms with Crippen molar-refractivity contribution >= 4 is 33.3 Å². The van der Waals surface area contributed by atoms with E-state index >= 15 is 0 Å². The third kappa shape index (κ3) is 3.33. The number of halogens is 1. The molecule has 0 saturated carbocycles. The number of hydrogen-bond acceptors (Lipinski definition) is 3. The Hall–Kier alpha value is -1.67. The molecule has 0 spiro atoms. The number of nitrogens with zero attached hydrogens (tertiary/aromatic N) is 2. The molecule has 0 N–H and O–H groups in total. The Labute approximate surface area is 132 Å². The minimum atomic E-state index is -0.456. The third-order valence-electron chi connectivity index (χ3n) is 3.67. The highest BCUT2D eigenvalue weighted by molar-refractivity contribution is 9.10. The van der Waals surface area contributed by atoms with Crippen LogP contribution in [0.3, 0.4) is 0 Å². The first-order valence-corrected chi connectivity index (χ1v) is 7.72. The Morgan fingerprint density at radius 1 is 1.29 bits per heavy atom. The third-order valence-corrected chi connectivity index (χ3v) is 4.16. The molecule has 0 fully saturated rings. The van der Waals surface area contributed by atoms with Gasteiger partial charge < -0.3 is 4.90 Å². The van der Waals surface area contributed by atoms with Crippen LogP contribution in [-0.4, -0.2) is 18.2 Å². The molecule has 1 aromatic carbocycles. The van der Waals surface area contributed by atoms with E-state index in [1.165, 1.54) is 0 Å². The van der Waals surface area contributed by atoms with Gasteiger partial charge in [-0.05, 0) is 44.9 Å². The minimum Gasteiger partial charge on any atom is -0.305 e. The van der Waals surface area contributed by atoms with Crippen molar-refractivity contribution < 1.29 is 9.59 Å². The molecule has 0 unspecified atom stereocenters. The van der Waals surface area contributed by atoms with Gasteiger partial charge in [0.25, 0.3) is 11.7 Å². The van der Waals surface area contributed by atoms with Crippen LogP contribution in [0, 0.1) is 16.7 Å². The molecule has 0 atom stereocenters. The van der Waals surface area contributed by atoms with Crippen molar-refractivity contribution in [3.05, 3.63) is 28.2 Å². The van der Waals surface area contributed by atoms with E-state index in [4.69, 9.17) is 5.26 Å². The molecule has 1 aliphatic heterocycles. The summed E-state index contributed by atoms with van der Waals surface area (Å²) in [5, 5.41) is 8.97. The monoisotopic (exact) mass is 348 g/mol. The largest absolute Gasteiger partial charge is 0.305 e. The first kappa shape index (κ1) is 15.7. The summed E-state index contributed by atoms with van der Waals surface area (Å²) < 4.78 is 0.792. The predicted molar refractivity (Wildman–Crippen MR) is 84.1 cm³/mol. The molecule has 0 saturated heterocycles. The smallest absolute Gasteiger partial charge is 0.299 e. The highest BCUT2D eigenvalue weighted by atomic mass is 79.9. The summed E-state index contributed by atoms with van der Waals surface area (Å²) in [5.41, 5.74) is 0.813. The maximum absolute atomic E-state index is 12.0. The number of amides is 1. The van der Waals surface area contributed by atoms with Crippen LogP contribution in [0.15, 0.2) is 22.7 Å². The number of anilines is 1. The zero-order chi connectivity index (χ0) is 15.6. The van der Waals surface area contributed by atoms with Crippen LogP contribution in [0.5, 0.6) is 0 Å². The van der Waals surface area contributed by atoms with E-state index in [9.17, 15) is 9.59 Å². The number of nitriles is 1. The van der Waals surface area contributed by atoms with Crippen molar-refractivity contribution in [2.75, 3.05) is 11.4 Å². The van der Waals surface area contributed by atoms with E-state index in [1.807, 2.05) is 19.9 Å². The molecule has 4 nitrogen and oxygen atoms in total. The van der Waals surface area contributed by atoms with Crippen LogP contribution in [0.25, 0.3) is 0 Å². The van der Waals surface area contributed by atoms with E-state index in [1.54, 1.807) is 17.0 Å². The van der Waals surface area contributed by atoms with Gasteiger partial charge >= 0.3 is 0 Å². The molecule has 5 heteroatoms. The van der Waals surface area contributed by atoms with Crippen LogP contribution in [0.4, 0.5) is 5.69 Å². The van der Waals surface area contributed by atoms with Crippen LogP contribution < -0.4 is 4.90 Å². The standard InChI is InChI=1S/C16H17BrN2O2/c1-16(2,10-18)7-3-4-8-19-13-6-5-11(17)9-12(13)14(20)15(19)21/h5-6,9H,3-4,7-8H2,1-2H3. The molecule has 110 valence electrons. The van der Waals surface area contributed by atoms with Crippen molar-refractivity contribution in [3.8, 4) is 6.07 Å². The van der Waals surface area contributed by atoms with Gasteiger partial charge in [0.1, 0.15) is 0 Å². The first-order chi connectivity index (χ1) is 9.85. The van der Waals surface area contributed by atoms with Gasteiger partial charge in [-0.2, -0.15) is 5.26 Å². The average molecular weight is 349 g/mol. The Bertz CT molecular complexity index is 632. The number of unbranched alkanes of at least 4 members (excludes halogenated alkanes) is 1. The second-order valence-electron chi connectivity index (χ2n) is 5.90. The van der Waals surface area contributed by atoms with Crippen molar-refractivity contribution in [2.45, 2.75) is 33.1 Å². The lowest BCUT2D eigenvalue weighted by Gasteiger charge is -2.18. The highest BCUT2D eigenvalue weighted by Crippen LogP contribution is 2.32. The number of benzene rings is 1. The summed E-state index contributed by atoms with van der Waals surface area (Å²) in [4.78, 5) is 25.5. The highest BCUT2D eigenvalue weighted by Gasteiger charge is 2.35. The number of fused-ring (bicyclic) bond motifs is 1. The number of ketones is 1. The van der Waals surface area contributed by atoms with Gasteiger partial charge in [-0.3, -0.25) is 9.59 Å². The van der Waals surface area contributed by atoms with Gasteiger partial charge in [-0.15, -0.1) is 0 Å². The molecule has 21 heavy (non-hydrogen) atoms. The van der Waals surface area contributed by atoms with E-state index in [0.29, 0.717) is 17.8 Å². The average Bonchev–Trinajstić information content (AvgIpc) is 2.68. The number of rotatable bonds is 5. The lowest BCUT2D eigenvalue weighted by atomic mass is 9.89. The first-order valence-electron chi connectivity index (χ1n) is 6.93. The van der Waals surface area contributed by atoms with Crippen LogP contribution in [-0.2, 0) is 4.79 Å². The van der Waals surface area contributed by atoms with E-state index in [-0.39, 0.29) is 5.41 Å². The number of Topliss-reactive ketones (excluding diaryl/α,β-unsaturated/α-hetero) is 1. The maximum Gasteiger partial charge on any atom is 0.299 e. The van der Waals surface area contributed by atoms with Crippen molar-refractivity contribution in [1.82, 2.24) is 0 Å². The van der Waals surface area contributed by atoms with E-state index in [2.05, 4.69) is 22.0 Å². The topological polar surface area (TPSA) is 61.2 Å². The Morgan fingerprint density at radius 2 is 2.00 bits per heavy atom. The molecule has 1 heterocycles. The maximum atomic E-state index is 12.0. The quantitative estimate of drug-likeness (QED) is 0.602. The van der Waals surface area contributed by atoms with Crippen molar-refractivity contribution in [1.29, 1.82) is 5.26 Å². The van der Waals surface area contributed by atoms with Crippen LogP contribution in [0.2, 0.25) is 0 Å². The molecule has 1 aliphatic rings. The molecule has 0 aromatic heterocycles. The molecular weight excluding hydrogens is 332 g/mol. The van der Waals surface area contributed by atoms with E-state index < -0.39 is 11.7 Å². The molecule has 0 radical (unpaired) electrons. The van der Waals surface area contributed by atoms with Crippen molar-refractivity contribution in [3.63, 3.8) is 0 Å². The fourth-order valence-corrected chi connectivity index (χ4v) is 2.75. The summed E-state index contributed by atoms with van der Waals surface area (Å²) in [6, 6.07) is 7.58.